The smallest absolute Gasteiger partial charge is 0.0835 e. The van der Waals surface area contributed by atoms with E-state index in [4.69, 9.17) is 0 Å². The Morgan fingerprint density at radius 3 is 2.88 bits per heavy atom. The molecule has 0 aliphatic carbocycles. The second-order valence-electron chi connectivity index (χ2n) is 3.55. The lowest BCUT2D eigenvalue weighted by Gasteiger charge is -1.95. The second-order valence-corrected chi connectivity index (χ2v) is 4.34. The van der Waals surface area contributed by atoms with Crippen LogP contribution < -0.4 is 0 Å². The Balaban J connectivity index is 2.02. The molecular weight excluding hydrogens is 270 g/mol. The molecular formula is C10H14BrN5. The molecule has 2 aromatic rings. The summed E-state index contributed by atoms with van der Waals surface area (Å²) in [7, 11) is 0. The summed E-state index contributed by atoms with van der Waals surface area (Å²) in [5.41, 5.74) is 2.16. The molecule has 0 N–H and O–H groups in total. The second kappa shape index (κ2) is 5.25. The monoisotopic (exact) mass is 283 g/mol. The van der Waals surface area contributed by atoms with Gasteiger partial charge in [0.15, 0.2) is 0 Å². The number of hydrogen-bond donors (Lipinski definition) is 0. The molecule has 0 radical (unpaired) electrons. The summed E-state index contributed by atoms with van der Waals surface area (Å²) in [6.07, 6.45) is 6.79. The highest BCUT2D eigenvalue weighted by molar-refractivity contribution is 9.09. The molecule has 0 amide bonds. The molecule has 86 valence electrons. The molecule has 5 nitrogen and oxygen atoms in total. The van der Waals surface area contributed by atoms with Gasteiger partial charge in [0.1, 0.15) is 0 Å². The summed E-state index contributed by atoms with van der Waals surface area (Å²) in [5.74, 6) is 0. The van der Waals surface area contributed by atoms with Crippen molar-refractivity contribution in [2.45, 2.75) is 26.4 Å². The van der Waals surface area contributed by atoms with Crippen LogP contribution >= 0.6 is 15.9 Å². The number of aryl methyl sites for hydroxylation is 2. The molecule has 16 heavy (non-hydrogen) atoms. The highest BCUT2D eigenvalue weighted by atomic mass is 79.9. The Hall–Kier alpha value is -1.17. The number of alkyl halides is 1. The van der Waals surface area contributed by atoms with Crippen LogP contribution in [0.4, 0.5) is 0 Å². The van der Waals surface area contributed by atoms with E-state index in [2.05, 4.69) is 38.3 Å². The van der Waals surface area contributed by atoms with Gasteiger partial charge in [-0.25, -0.2) is 4.68 Å². The number of aromatic nitrogens is 5. The van der Waals surface area contributed by atoms with E-state index in [1.54, 1.807) is 0 Å². The van der Waals surface area contributed by atoms with Crippen molar-refractivity contribution in [1.29, 1.82) is 0 Å². The first-order chi connectivity index (χ1) is 7.81. The summed E-state index contributed by atoms with van der Waals surface area (Å²) in [6, 6.07) is 0. The molecule has 2 rings (SSSR count). The Kier molecular flexibility index (Phi) is 3.71. The maximum Gasteiger partial charge on any atom is 0.0835 e. The van der Waals surface area contributed by atoms with Gasteiger partial charge < -0.3 is 0 Å². The third-order valence-corrected chi connectivity index (χ3v) is 2.69. The zero-order chi connectivity index (χ0) is 11.4. The molecule has 0 saturated carbocycles. The Morgan fingerprint density at radius 1 is 1.31 bits per heavy atom. The van der Waals surface area contributed by atoms with Crippen LogP contribution in [0.1, 0.15) is 18.2 Å². The highest BCUT2D eigenvalue weighted by Gasteiger charge is 2.02. The first kappa shape index (κ1) is 11.3. The van der Waals surface area contributed by atoms with Crippen LogP contribution in [-0.2, 0) is 19.5 Å². The zero-order valence-corrected chi connectivity index (χ0v) is 10.8. The molecule has 0 atom stereocenters. The molecule has 0 aromatic carbocycles. The first-order valence-electron chi connectivity index (χ1n) is 5.28. The molecule has 0 fully saturated rings. The third-order valence-electron chi connectivity index (χ3n) is 2.29. The summed E-state index contributed by atoms with van der Waals surface area (Å²) in [6.45, 7) is 3.70. The normalized spacial score (nSPS) is 10.9. The quantitative estimate of drug-likeness (QED) is 0.781. The van der Waals surface area contributed by atoms with Crippen LogP contribution in [0.25, 0.3) is 0 Å². The summed E-state index contributed by atoms with van der Waals surface area (Å²) < 4.78 is 3.75. The Morgan fingerprint density at radius 2 is 2.19 bits per heavy atom. The van der Waals surface area contributed by atoms with Gasteiger partial charge in [-0.05, 0) is 6.92 Å². The molecule has 0 aliphatic rings. The molecule has 0 unspecified atom stereocenters. The molecule has 2 aromatic heterocycles. The predicted octanol–water partition coefficient (Wildman–Crippen LogP) is 1.48. The lowest BCUT2D eigenvalue weighted by molar-refractivity contribution is 0.642. The number of nitrogens with zero attached hydrogens (tertiary/aromatic N) is 5. The van der Waals surface area contributed by atoms with E-state index in [1.807, 2.05) is 28.0 Å². The van der Waals surface area contributed by atoms with Gasteiger partial charge in [-0.15, -0.1) is 5.10 Å². The highest BCUT2D eigenvalue weighted by Crippen LogP contribution is 2.03. The van der Waals surface area contributed by atoms with Crippen molar-refractivity contribution in [3.8, 4) is 0 Å². The fraction of sp³-hybridized carbons (Fsp3) is 0.500. The van der Waals surface area contributed by atoms with Crippen molar-refractivity contribution in [3.63, 3.8) is 0 Å². The van der Waals surface area contributed by atoms with Crippen molar-refractivity contribution in [1.82, 2.24) is 24.8 Å². The maximum absolute atomic E-state index is 4.22. The number of rotatable bonds is 5. The van der Waals surface area contributed by atoms with Crippen molar-refractivity contribution in [2.75, 3.05) is 5.33 Å². The van der Waals surface area contributed by atoms with Crippen LogP contribution in [0.15, 0.2) is 18.6 Å². The first-order valence-corrected chi connectivity index (χ1v) is 6.40. The van der Waals surface area contributed by atoms with Gasteiger partial charge in [0.2, 0.25) is 0 Å². The van der Waals surface area contributed by atoms with Crippen molar-refractivity contribution in [2.24, 2.45) is 0 Å². The molecule has 6 heteroatoms. The Labute approximate surface area is 103 Å². The summed E-state index contributed by atoms with van der Waals surface area (Å²) in [4.78, 5) is 0. The van der Waals surface area contributed by atoms with Gasteiger partial charge in [0, 0.05) is 36.3 Å². The van der Waals surface area contributed by atoms with Crippen LogP contribution in [0.5, 0.6) is 0 Å². The van der Waals surface area contributed by atoms with Crippen molar-refractivity contribution < 1.29 is 0 Å². The van der Waals surface area contributed by atoms with E-state index in [0.717, 1.165) is 36.1 Å². The minimum atomic E-state index is 0.731. The molecule has 0 saturated heterocycles. The average Bonchev–Trinajstić information content (AvgIpc) is 2.89. The number of hydrogen-bond acceptors (Lipinski definition) is 3. The average molecular weight is 284 g/mol. The standard InChI is InChI=1S/C10H14BrN5/c1-2-15-6-9(5-12-15)7-16-8-10(3-4-11)13-14-16/h5-6,8H,2-4,7H2,1H3. The lowest BCUT2D eigenvalue weighted by atomic mass is 10.3. The summed E-state index contributed by atoms with van der Waals surface area (Å²) in [5, 5.41) is 13.3. The fourth-order valence-electron chi connectivity index (χ4n) is 1.48. The third kappa shape index (κ3) is 2.69. The Bertz CT molecular complexity index is 448. The zero-order valence-electron chi connectivity index (χ0n) is 9.17. The van der Waals surface area contributed by atoms with E-state index < -0.39 is 0 Å². The largest absolute Gasteiger partial charge is 0.273 e. The summed E-state index contributed by atoms with van der Waals surface area (Å²) >= 11 is 3.38. The predicted molar refractivity (Wildman–Crippen MR) is 64.5 cm³/mol. The van der Waals surface area contributed by atoms with Gasteiger partial charge >= 0.3 is 0 Å². The lowest BCUT2D eigenvalue weighted by Crippen LogP contribution is -1.99. The van der Waals surface area contributed by atoms with Gasteiger partial charge in [-0.1, -0.05) is 21.1 Å². The van der Waals surface area contributed by atoms with E-state index in [1.165, 1.54) is 0 Å². The topological polar surface area (TPSA) is 48.5 Å². The molecule has 0 spiro atoms. The fourth-order valence-corrected chi connectivity index (χ4v) is 1.88. The van der Waals surface area contributed by atoms with E-state index in [-0.39, 0.29) is 0 Å². The van der Waals surface area contributed by atoms with E-state index in [0.29, 0.717) is 0 Å². The van der Waals surface area contributed by atoms with Crippen LogP contribution in [0, 0.1) is 0 Å². The van der Waals surface area contributed by atoms with E-state index in [9.17, 15) is 0 Å². The minimum Gasteiger partial charge on any atom is -0.273 e. The van der Waals surface area contributed by atoms with Gasteiger partial charge in [0.05, 0.1) is 18.4 Å². The minimum absolute atomic E-state index is 0.731. The van der Waals surface area contributed by atoms with Crippen LogP contribution in [0.3, 0.4) is 0 Å². The van der Waals surface area contributed by atoms with Crippen molar-refractivity contribution >= 4 is 15.9 Å². The number of halogens is 1. The van der Waals surface area contributed by atoms with Crippen LogP contribution in [-0.4, -0.2) is 30.1 Å². The van der Waals surface area contributed by atoms with Crippen LogP contribution in [0.2, 0.25) is 0 Å². The van der Waals surface area contributed by atoms with Crippen molar-refractivity contribution in [3.05, 3.63) is 29.8 Å². The van der Waals surface area contributed by atoms with Gasteiger partial charge in [-0.2, -0.15) is 5.10 Å². The van der Waals surface area contributed by atoms with Gasteiger partial charge in [-0.3, -0.25) is 4.68 Å². The van der Waals surface area contributed by atoms with E-state index >= 15 is 0 Å². The van der Waals surface area contributed by atoms with Gasteiger partial charge in [0.25, 0.3) is 0 Å². The SMILES string of the molecule is CCn1cc(Cn2cc(CCBr)nn2)cn1. The molecule has 2 heterocycles. The molecule has 0 aliphatic heterocycles. The molecule has 0 bridgehead atoms. The maximum atomic E-state index is 4.22.